The third-order valence-electron chi connectivity index (χ3n) is 2.59. The van der Waals surface area contributed by atoms with Crippen molar-refractivity contribution in [2.75, 3.05) is 5.73 Å². The van der Waals surface area contributed by atoms with Crippen molar-refractivity contribution < 1.29 is 9.18 Å². The summed E-state index contributed by atoms with van der Waals surface area (Å²) in [6.07, 6.45) is 1.38. The summed E-state index contributed by atoms with van der Waals surface area (Å²) < 4.78 is 14.4. The second kappa shape index (κ2) is 5.47. The number of hydrogen-bond donors (Lipinski definition) is 2. The van der Waals surface area contributed by atoms with E-state index in [9.17, 15) is 9.18 Å². The first-order valence-corrected chi connectivity index (χ1v) is 5.74. The van der Waals surface area contributed by atoms with Crippen molar-refractivity contribution >= 4 is 11.9 Å². The van der Waals surface area contributed by atoms with Crippen molar-refractivity contribution in [3.8, 4) is 0 Å². The summed E-state index contributed by atoms with van der Waals surface area (Å²) in [6, 6.07) is 5.81. The molecule has 0 aliphatic rings. The van der Waals surface area contributed by atoms with Gasteiger partial charge in [-0.2, -0.15) is 0 Å². The monoisotopic (exact) mass is 263 g/mol. The maximum atomic E-state index is 13.1. The molecule has 0 saturated carbocycles. The Morgan fingerprint density at radius 2 is 2.37 bits per heavy atom. The van der Waals surface area contributed by atoms with E-state index in [1.54, 1.807) is 19.1 Å². The van der Waals surface area contributed by atoms with Gasteiger partial charge in [-0.15, -0.1) is 5.10 Å². The molecule has 2 rings (SSSR count). The molecule has 0 radical (unpaired) electrons. The van der Waals surface area contributed by atoms with E-state index in [-0.39, 0.29) is 30.3 Å². The van der Waals surface area contributed by atoms with Crippen LogP contribution in [0.2, 0.25) is 0 Å². The van der Waals surface area contributed by atoms with Crippen molar-refractivity contribution in [2.45, 2.75) is 19.5 Å². The molecular weight excluding hydrogens is 249 g/mol. The predicted octanol–water partition coefficient (Wildman–Crippen LogP) is 0.877. The number of nitrogen functional groups attached to an aromatic ring is 1. The second-order valence-corrected chi connectivity index (χ2v) is 4.14. The lowest BCUT2D eigenvalue weighted by molar-refractivity contribution is -0.122. The summed E-state index contributed by atoms with van der Waals surface area (Å²) in [7, 11) is 0. The molecule has 2 aromatic rings. The van der Waals surface area contributed by atoms with Crippen LogP contribution in [-0.4, -0.2) is 20.7 Å². The number of carbonyl (C=O) groups excluding carboxylic acids is 1. The Bertz CT molecular complexity index is 583. The summed E-state index contributed by atoms with van der Waals surface area (Å²) >= 11 is 0. The van der Waals surface area contributed by atoms with Gasteiger partial charge >= 0.3 is 0 Å². The molecule has 0 saturated heterocycles. The number of carbonyl (C=O) groups is 1. The molecule has 1 aromatic carbocycles. The van der Waals surface area contributed by atoms with E-state index >= 15 is 0 Å². The molecule has 0 aliphatic heterocycles. The van der Waals surface area contributed by atoms with Gasteiger partial charge in [-0.05, 0) is 24.6 Å². The van der Waals surface area contributed by atoms with Gasteiger partial charge in [-0.25, -0.2) is 14.1 Å². The molecule has 1 unspecified atom stereocenters. The van der Waals surface area contributed by atoms with Gasteiger partial charge in [-0.3, -0.25) is 4.79 Å². The fourth-order valence-electron chi connectivity index (χ4n) is 1.68. The Hall–Kier alpha value is -2.44. The second-order valence-electron chi connectivity index (χ2n) is 4.14. The highest BCUT2D eigenvalue weighted by Gasteiger charge is 2.11. The zero-order chi connectivity index (χ0) is 13.8. The Balaban J connectivity index is 1.95. The van der Waals surface area contributed by atoms with Crippen molar-refractivity contribution in [3.05, 3.63) is 42.0 Å². The molecule has 1 aromatic heterocycles. The number of benzene rings is 1. The Morgan fingerprint density at radius 1 is 1.58 bits per heavy atom. The maximum Gasteiger partial charge on any atom is 0.242 e. The predicted molar refractivity (Wildman–Crippen MR) is 67.4 cm³/mol. The van der Waals surface area contributed by atoms with Crippen LogP contribution in [0.1, 0.15) is 18.5 Å². The lowest BCUT2D eigenvalue weighted by atomic mass is 10.1. The van der Waals surface area contributed by atoms with Crippen LogP contribution in [0.4, 0.5) is 10.3 Å². The quantitative estimate of drug-likeness (QED) is 0.857. The molecule has 1 heterocycles. The zero-order valence-corrected chi connectivity index (χ0v) is 10.4. The van der Waals surface area contributed by atoms with E-state index in [1.807, 2.05) is 0 Å². The first-order chi connectivity index (χ1) is 9.04. The van der Waals surface area contributed by atoms with Crippen LogP contribution in [0.15, 0.2) is 30.6 Å². The first-order valence-electron chi connectivity index (χ1n) is 5.74. The van der Waals surface area contributed by atoms with Crippen molar-refractivity contribution in [1.29, 1.82) is 0 Å². The molecule has 6 nitrogen and oxygen atoms in total. The molecule has 3 N–H and O–H groups in total. The van der Waals surface area contributed by atoms with Gasteiger partial charge in [-0.1, -0.05) is 12.1 Å². The summed E-state index contributed by atoms with van der Waals surface area (Å²) in [5.74, 6) is -0.463. The molecular formula is C12H14FN5O. The largest absolute Gasteiger partial charge is 0.367 e. The van der Waals surface area contributed by atoms with Crippen LogP contribution >= 0.6 is 0 Å². The van der Waals surface area contributed by atoms with Gasteiger partial charge in [0, 0.05) is 0 Å². The SMILES string of the molecule is CC(NC(=O)Cn1cnc(N)n1)c1cccc(F)c1. The topological polar surface area (TPSA) is 85.8 Å². The minimum absolute atomic E-state index is 0.0177. The van der Waals surface area contributed by atoms with Crippen LogP contribution in [0.3, 0.4) is 0 Å². The van der Waals surface area contributed by atoms with Crippen LogP contribution in [0, 0.1) is 5.82 Å². The number of nitrogens with zero attached hydrogens (tertiary/aromatic N) is 3. The Kier molecular flexibility index (Phi) is 3.74. The summed E-state index contributed by atoms with van der Waals surface area (Å²) in [6.45, 7) is 1.80. The standard InChI is InChI=1S/C12H14FN5O/c1-8(9-3-2-4-10(13)5-9)16-11(19)6-18-7-15-12(14)17-18/h2-5,7-8H,6H2,1H3,(H2,14,17)(H,16,19). The number of rotatable bonds is 4. The maximum absolute atomic E-state index is 13.1. The minimum Gasteiger partial charge on any atom is -0.367 e. The first kappa shape index (κ1) is 13.0. The molecule has 0 aliphatic carbocycles. The van der Waals surface area contributed by atoms with E-state index in [0.29, 0.717) is 5.56 Å². The highest BCUT2D eigenvalue weighted by Crippen LogP contribution is 2.13. The zero-order valence-electron chi connectivity index (χ0n) is 10.4. The number of halogens is 1. The van der Waals surface area contributed by atoms with E-state index in [2.05, 4.69) is 15.4 Å². The fraction of sp³-hybridized carbons (Fsp3) is 0.250. The van der Waals surface area contributed by atoms with Crippen molar-refractivity contribution in [2.24, 2.45) is 0 Å². The molecule has 100 valence electrons. The molecule has 7 heteroatoms. The Labute approximate surface area is 109 Å². The highest BCUT2D eigenvalue weighted by atomic mass is 19.1. The van der Waals surface area contributed by atoms with E-state index in [0.717, 1.165) is 0 Å². The molecule has 0 bridgehead atoms. The summed E-state index contributed by atoms with van der Waals surface area (Å²) in [4.78, 5) is 15.5. The number of nitrogens with one attached hydrogen (secondary N) is 1. The van der Waals surface area contributed by atoms with Crippen LogP contribution in [0.5, 0.6) is 0 Å². The lowest BCUT2D eigenvalue weighted by Crippen LogP contribution is -2.30. The number of aromatic nitrogens is 3. The van der Waals surface area contributed by atoms with Crippen LogP contribution < -0.4 is 11.1 Å². The minimum atomic E-state index is -0.331. The molecule has 1 amide bonds. The molecule has 19 heavy (non-hydrogen) atoms. The number of hydrogen-bond acceptors (Lipinski definition) is 4. The smallest absolute Gasteiger partial charge is 0.242 e. The number of amides is 1. The van der Waals surface area contributed by atoms with Gasteiger partial charge in [0.1, 0.15) is 18.7 Å². The normalized spacial score (nSPS) is 12.1. The third-order valence-corrected chi connectivity index (χ3v) is 2.59. The Morgan fingerprint density at radius 3 is 3.00 bits per heavy atom. The van der Waals surface area contributed by atoms with Crippen molar-refractivity contribution in [3.63, 3.8) is 0 Å². The van der Waals surface area contributed by atoms with Crippen LogP contribution in [-0.2, 0) is 11.3 Å². The summed E-state index contributed by atoms with van der Waals surface area (Å²) in [5.41, 5.74) is 6.05. The molecule has 1 atom stereocenters. The van der Waals surface area contributed by atoms with Gasteiger partial charge in [0.25, 0.3) is 0 Å². The third kappa shape index (κ3) is 3.51. The number of nitrogens with two attached hydrogens (primary N) is 1. The number of anilines is 1. The van der Waals surface area contributed by atoms with Crippen molar-refractivity contribution in [1.82, 2.24) is 20.1 Å². The van der Waals surface area contributed by atoms with E-state index < -0.39 is 0 Å². The highest BCUT2D eigenvalue weighted by molar-refractivity contribution is 5.76. The fourth-order valence-corrected chi connectivity index (χ4v) is 1.68. The van der Waals surface area contributed by atoms with E-state index in [1.165, 1.54) is 23.1 Å². The van der Waals surface area contributed by atoms with Gasteiger partial charge < -0.3 is 11.1 Å². The molecule has 0 spiro atoms. The molecule has 0 fully saturated rings. The van der Waals surface area contributed by atoms with Gasteiger partial charge in [0.05, 0.1) is 6.04 Å². The van der Waals surface area contributed by atoms with Gasteiger partial charge in [0.2, 0.25) is 11.9 Å². The average Bonchev–Trinajstić information content (AvgIpc) is 2.74. The lowest BCUT2D eigenvalue weighted by Gasteiger charge is -2.14. The average molecular weight is 263 g/mol. The summed E-state index contributed by atoms with van der Waals surface area (Å²) in [5, 5.41) is 6.55. The van der Waals surface area contributed by atoms with Crippen LogP contribution in [0.25, 0.3) is 0 Å². The van der Waals surface area contributed by atoms with Gasteiger partial charge in [0.15, 0.2) is 0 Å². The van der Waals surface area contributed by atoms with E-state index in [4.69, 9.17) is 5.73 Å².